The number of carbonyl (C=O) groups excluding carboxylic acids is 1. The van der Waals surface area contributed by atoms with Crippen LogP contribution in [0.4, 0.5) is 4.79 Å². The standard InChI is InChI=1S/C16H21N5OS/c1-12-11-23-16(21(12)10-14-17-5-2-6-18-14)20-8-7-19(15(20)22)9-13-3-4-13/h2,5-6,11,13,16H,3-4,7-10H2,1H3. The van der Waals surface area contributed by atoms with Crippen LogP contribution in [-0.4, -0.2) is 55.8 Å². The predicted octanol–water partition coefficient (Wildman–Crippen LogP) is 2.32. The number of thioether (sulfide) groups is 1. The van der Waals surface area contributed by atoms with Crippen LogP contribution in [0.15, 0.2) is 29.6 Å². The second-order valence-electron chi connectivity index (χ2n) is 6.38. The van der Waals surface area contributed by atoms with Crippen molar-refractivity contribution in [3.63, 3.8) is 0 Å². The molecule has 3 heterocycles. The summed E-state index contributed by atoms with van der Waals surface area (Å²) in [6, 6.07) is 2.00. The van der Waals surface area contributed by atoms with E-state index in [-0.39, 0.29) is 11.5 Å². The van der Waals surface area contributed by atoms with E-state index in [1.54, 1.807) is 24.2 Å². The highest BCUT2D eigenvalue weighted by molar-refractivity contribution is 8.02. The molecule has 1 aromatic heterocycles. The molecule has 4 rings (SSSR count). The number of rotatable bonds is 5. The summed E-state index contributed by atoms with van der Waals surface area (Å²) >= 11 is 1.70. The van der Waals surface area contributed by atoms with Gasteiger partial charge in [0.15, 0.2) is 5.50 Å². The Morgan fingerprint density at radius 1 is 1.26 bits per heavy atom. The topological polar surface area (TPSA) is 52.6 Å². The van der Waals surface area contributed by atoms with Crippen molar-refractivity contribution in [3.8, 4) is 0 Å². The molecule has 1 atom stereocenters. The molecule has 2 fully saturated rings. The van der Waals surface area contributed by atoms with E-state index < -0.39 is 0 Å². The summed E-state index contributed by atoms with van der Waals surface area (Å²) in [6.07, 6.45) is 6.08. The maximum Gasteiger partial charge on any atom is 0.322 e. The maximum absolute atomic E-state index is 12.7. The minimum Gasteiger partial charge on any atom is -0.338 e. The van der Waals surface area contributed by atoms with E-state index in [2.05, 4.69) is 27.2 Å². The minimum absolute atomic E-state index is 0.0236. The number of nitrogens with zero attached hydrogens (tertiary/aromatic N) is 5. The highest BCUT2D eigenvalue weighted by Crippen LogP contribution is 2.37. The zero-order valence-electron chi connectivity index (χ0n) is 13.3. The number of amides is 2. The molecule has 2 aliphatic heterocycles. The Hall–Kier alpha value is -1.76. The average molecular weight is 331 g/mol. The monoisotopic (exact) mass is 331 g/mol. The molecule has 7 heteroatoms. The van der Waals surface area contributed by atoms with Crippen LogP contribution >= 0.6 is 11.8 Å². The Kier molecular flexibility index (Phi) is 3.88. The van der Waals surface area contributed by atoms with E-state index in [1.807, 2.05) is 15.9 Å². The second-order valence-corrected chi connectivity index (χ2v) is 7.31. The average Bonchev–Trinajstić information content (AvgIpc) is 3.23. The van der Waals surface area contributed by atoms with E-state index in [4.69, 9.17) is 0 Å². The van der Waals surface area contributed by atoms with Gasteiger partial charge in [-0.25, -0.2) is 14.8 Å². The van der Waals surface area contributed by atoms with Gasteiger partial charge in [-0.1, -0.05) is 11.8 Å². The number of hydrogen-bond acceptors (Lipinski definition) is 5. The molecule has 6 nitrogen and oxygen atoms in total. The van der Waals surface area contributed by atoms with E-state index in [9.17, 15) is 4.79 Å². The van der Waals surface area contributed by atoms with E-state index >= 15 is 0 Å². The van der Waals surface area contributed by atoms with Gasteiger partial charge in [-0.3, -0.25) is 4.90 Å². The Balaban J connectivity index is 1.46. The lowest BCUT2D eigenvalue weighted by Gasteiger charge is -2.33. The van der Waals surface area contributed by atoms with E-state index in [0.717, 1.165) is 31.4 Å². The molecule has 1 saturated heterocycles. The molecule has 1 unspecified atom stereocenters. The zero-order chi connectivity index (χ0) is 15.8. The lowest BCUT2D eigenvalue weighted by Crippen LogP contribution is -2.45. The van der Waals surface area contributed by atoms with Gasteiger partial charge in [0.1, 0.15) is 5.82 Å². The van der Waals surface area contributed by atoms with Crippen LogP contribution < -0.4 is 0 Å². The molecular formula is C16H21N5OS. The minimum atomic E-state index is 0.0236. The summed E-state index contributed by atoms with van der Waals surface area (Å²) in [4.78, 5) is 27.6. The molecule has 0 spiro atoms. The Morgan fingerprint density at radius 2 is 2.04 bits per heavy atom. The zero-order valence-corrected chi connectivity index (χ0v) is 14.1. The summed E-state index contributed by atoms with van der Waals surface area (Å²) in [6.45, 7) is 5.30. The molecule has 0 aromatic carbocycles. The van der Waals surface area contributed by atoms with Crippen LogP contribution in [0.1, 0.15) is 25.6 Å². The largest absolute Gasteiger partial charge is 0.338 e. The first-order valence-corrected chi connectivity index (χ1v) is 9.07. The normalized spacial score (nSPS) is 24.6. The molecular weight excluding hydrogens is 310 g/mol. The van der Waals surface area contributed by atoms with Crippen molar-refractivity contribution in [3.05, 3.63) is 35.4 Å². The number of carbonyl (C=O) groups is 1. The number of urea groups is 1. The molecule has 122 valence electrons. The first-order valence-electron chi connectivity index (χ1n) is 8.12. The summed E-state index contributed by atoms with van der Waals surface area (Å²) < 4.78 is 0. The lowest BCUT2D eigenvalue weighted by atomic mass is 10.4. The predicted molar refractivity (Wildman–Crippen MR) is 89.1 cm³/mol. The highest BCUT2D eigenvalue weighted by Gasteiger charge is 2.40. The summed E-state index contributed by atoms with van der Waals surface area (Å²) in [7, 11) is 0. The number of allylic oxidation sites excluding steroid dienone is 1. The van der Waals surface area contributed by atoms with Crippen molar-refractivity contribution in [2.75, 3.05) is 19.6 Å². The molecule has 0 radical (unpaired) electrons. The first kappa shape index (κ1) is 14.8. The summed E-state index contributed by atoms with van der Waals surface area (Å²) in [5.74, 6) is 1.53. The van der Waals surface area contributed by atoms with E-state index in [1.165, 1.54) is 18.5 Å². The Labute approximate surface area is 140 Å². The molecule has 1 aromatic rings. The van der Waals surface area contributed by atoms with Crippen molar-refractivity contribution in [1.29, 1.82) is 0 Å². The SMILES string of the molecule is CC1=CSC(N2CCN(CC3CC3)C2=O)N1Cc1ncccn1. The lowest BCUT2D eigenvalue weighted by molar-refractivity contribution is 0.148. The fourth-order valence-electron chi connectivity index (χ4n) is 3.07. The van der Waals surface area contributed by atoms with Gasteiger partial charge >= 0.3 is 6.03 Å². The van der Waals surface area contributed by atoms with Crippen LogP contribution in [0.25, 0.3) is 0 Å². The third kappa shape index (κ3) is 3.02. The van der Waals surface area contributed by atoms with Gasteiger partial charge in [-0.15, -0.1) is 0 Å². The third-order valence-electron chi connectivity index (χ3n) is 4.58. The first-order chi connectivity index (χ1) is 11.2. The van der Waals surface area contributed by atoms with Gasteiger partial charge in [0.05, 0.1) is 6.54 Å². The van der Waals surface area contributed by atoms with Crippen LogP contribution in [0.3, 0.4) is 0 Å². The molecule has 2 amide bonds. The molecule has 0 N–H and O–H groups in total. The van der Waals surface area contributed by atoms with Gasteiger partial charge in [0.25, 0.3) is 0 Å². The van der Waals surface area contributed by atoms with Gasteiger partial charge in [0, 0.05) is 37.7 Å². The van der Waals surface area contributed by atoms with Crippen molar-refractivity contribution >= 4 is 17.8 Å². The summed E-state index contributed by atoms with van der Waals surface area (Å²) in [5.41, 5.74) is 1.19. The van der Waals surface area contributed by atoms with Crippen molar-refractivity contribution < 1.29 is 4.79 Å². The molecule has 0 bridgehead atoms. The molecule has 3 aliphatic rings. The maximum atomic E-state index is 12.7. The Morgan fingerprint density at radius 3 is 2.78 bits per heavy atom. The quantitative estimate of drug-likeness (QED) is 0.829. The van der Waals surface area contributed by atoms with Crippen LogP contribution in [0.2, 0.25) is 0 Å². The van der Waals surface area contributed by atoms with Crippen molar-refractivity contribution in [2.24, 2.45) is 5.92 Å². The number of aromatic nitrogens is 2. The van der Waals surface area contributed by atoms with Gasteiger partial charge in [-0.2, -0.15) is 0 Å². The van der Waals surface area contributed by atoms with E-state index in [0.29, 0.717) is 6.54 Å². The molecule has 23 heavy (non-hydrogen) atoms. The smallest absolute Gasteiger partial charge is 0.322 e. The van der Waals surface area contributed by atoms with Gasteiger partial charge in [0.2, 0.25) is 0 Å². The van der Waals surface area contributed by atoms with Gasteiger partial charge < -0.3 is 9.80 Å². The fourth-order valence-corrected chi connectivity index (χ4v) is 4.26. The van der Waals surface area contributed by atoms with Crippen molar-refractivity contribution in [1.82, 2.24) is 24.7 Å². The van der Waals surface area contributed by atoms with Crippen LogP contribution in [0.5, 0.6) is 0 Å². The second kappa shape index (κ2) is 6.03. The number of hydrogen-bond donors (Lipinski definition) is 0. The van der Waals surface area contributed by atoms with Crippen molar-refractivity contribution in [2.45, 2.75) is 31.8 Å². The Bertz CT molecular complexity index is 618. The summed E-state index contributed by atoms with van der Waals surface area (Å²) in [5, 5.41) is 2.13. The van der Waals surface area contributed by atoms with Gasteiger partial charge in [-0.05, 0) is 37.2 Å². The fraction of sp³-hybridized carbons (Fsp3) is 0.562. The molecule has 1 saturated carbocycles. The highest BCUT2D eigenvalue weighted by atomic mass is 32.2. The molecule has 1 aliphatic carbocycles. The van der Waals surface area contributed by atoms with Crippen LogP contribution in [-0.2, 0) is 6.54 Å². The van der Waals surface area contributed by atoms with Crippen LogP contribution in [0, 0.1) is 5.92 Å². The third-order valence-corrected chi connectivity index (χ3v) is 5.81.